The fourth-order valence-corrected chi connectivity index (χ4v) is 2.64. The number of nitrogens with one attached hydrogen (secondary N) is 1. The summed E-state index contributed by atoms with van der Waals surface area (Å²) < 4.78 is 0. The smallest absolute Gasteiger partial charge is 0.306 e. The molecule has 1 fully saturated rings. The quantitative estimate of drug-likeness (QED) is 0.881. The van der Waals surface area contributed by atoms with Crippen LogP contribution < -0.4 is 5.32 Å². The lowest BCUT2D eigenvalue weighted by atomic mass is 9.82. The van der Waals surface area contributed by atoms with Gasteiger partial charge in [0.2, 0.25) is 0 Å². The van der Waals surface area contributed by atoms with Gasteiger partial charge in [0.1, 0.15) is 0 Å². The van der Waals surface area contributed by atoms with E-state index in [1.165, 1.54) is 0 Å². The second-order valence-electron chi connectivity index (χ2n) is 5.45. The van der Waals surface area contributed by atoms with Crippen LogP contribution in [0.5, 0.6) is 0 Å². The lowest BCUT2D eigenvalue weighted by Gasteiger charge is -2.26. The number of pyridine rings is 1. The molecule has 20 heavy (non-hydrogen) atoms. The molecule has 0 radical (unpaired) electrons. The van der Waals surface area contributed by atoms with Crippen molar-refractivity contribution in [3.63, 3.8) is 0 Å². The maximum absolute atomic E-state index is 12.0. The zero-order valence-electron chi connectivity index (χ0n) is 11.6. The van der Waals surface area contributed by atoms with E-state index in [2.05, 4.69) is 10.3 Å². The third kappa shape index (κ3) is 3.79. The Balaban J connectivity index is 1.79. The fourth-order valence-electron chi connectivity index (χ4n) is 2.64. The minimum Gasteiger partial charge on any atom is -0.481 e. The van der Waals surface area contributed by atoms with Gasteiger partial charge in [-0.25, -0.2) is 0 Å². The Morgan fingerprint density at radius 3 is 2.65 bits per heavy atom. The van der Waals surface area contributed by atoms with Crippen LogP contribution >= 0.6 is 0 Å². The van der Waals surface area contributed by atoms with E-state index in [4.69, 9.17) is 5.11 Å². The molecule has 0 aromatic carbocycles. The molecule has 0 unspecified atom stereocenters. The van der Waals surface area contributed by atoms with Crippen LogP contribution in [0.1, 0.15) is 41.7 Å². The van der Waals surface area contributed by atoms with Crippen LogP contribution in [-0.4, -0.2) is 28.5 Å². The molecule has 2 rings (SSSR count). The van der Waals surface area contributed by atoms with Crippen molar-refractivity contribution >= 4 is 11.9 Å². The molecule has 1 saturated carbocycles. The maximum atomic E-state index is 12.0. The van der Waals surface area contributed by atoms with Crippen LogP contribution in [0.25, 0.3) is 0 Å². The highest BCUT2D eigenvalue weighted by molar-refractivity contribution is 5.94. The number of rotatable bonds is 4. The number of amides is 1. The van der Waals surface area contributed by atoms with Gasteiger partial charge in [-0.05, 0) is 50.7 Å². The topological polar surface area (TPSA) is 79.3 Å². The van der Waals surface area contributed by atoms with Crippen molar-refractivity contribution in [3.8, 4) is 0 Å². The number of hydrogen-bond donors (Lipinski definition) is 2. The van der Waals surface area contributed by atoms with E-state index in [9.17, 15) is 9.59 Å². The summed E-state index contributed by atoms with van der Waals surface area (Å²) in [6.07, 6.45) is 4.79. The van der Waals surface area contributed by atoms with Gasteiger partial charge in [0, 0.05) is 24.0 Å². The van der Waals surface area contributed by atoms with E-state index in [-0.39, 0.29) is 11.8 Å². The van der Waals surface area contributed by atoms with Crippen LogP contribution in [-0.2, 0) is 4.79 Å². The van der Waals surface area contributed by atoms with Crippen molar-refractivity contribution < 1.29 is 14.7 Å². The molecule has 1 amide bonds. The van der Waals surface area contributed by atoms with Gasteiger partial charge in [0.05, 0.1) is 5.92 Å². The maximum Gasteiger partial charge on any atom is 0.306 e. The monoisotopic (exact) mass is 276 g/mol. The predicted octanol–water partition coefficient (Wildman–Crippen LogP) is 2.01. The zero-order chi connectivity index (χ0) is 14.5. The van der Waals surface area contributed by atoms with E-state index in [1.54, 1.807) is 18.3 Å². The molecule has 1 aliphatic rings. The van der Waals surface area contributed by atoms with Gasteiger partial charge in [0.25, 0.3) is 5.91 Å². The molecule has 1 aromatic heterocycles. The Labute approximate surface area is 118 Å². The van der Waals surface area contributed by atoms with Crippen LogP contribution in [0.2, 0.25) is 0 Å². The van der Waals surface area contributed by atoms with Crippen molar-refractivity contribution in [1.29, 1.82) is 0 Å². The summed E-state index contributed by atoms with van der Waals surface area (Å²) in [5, 5.41) is 11.9. The molecule has 5 nitrogen and oxygen atoms in total. The number of carboxylic acids is 1. The molecule has 108 valence electrons. The van der Waals surface area contributed by atoms with Gasteiger partial charge < -0.3 is 10.4 Å². The zero-order valence-corrected chi connectivity index (χ0v) is 11.6. The number of nitrogens with zero attached hydrogens (tertiary/aromatic N) is 1. The molecule has 0 aliphatic heterocycles. The second-order valence-corrected chi connectivity index (χ2v) is 5.45. The van der Waals surface area contributed by atoms with E-state index in [0.29, 0.717) is 30.9 Å². The minimum absolute atomic E-state index is 0.0872. The fraction of sp³-hybridized carbons (Fsp3) is 0.533. The Kier molecular flexibility index (Phi) is 4.71. The van der Waals surface area contributed by atoms with E-state index >= 15 is 0 Å². The van der Waals surface area contributed by atoms with Gasteiger partial charge >= 0.3 is 5.97 Å². The van der Waals surface area contributed by atoms with Crippen LogP contribution in [0.4, 0.5) is 0 Å². The normalized spacial score (nSPS) is 22.2. The van der Waals surface area contributed by atoms with Crippen LogP contribution in [0.15, 0.2) is 18.3 Å². The summed E-state index contributed by atoms with van der Waals surface area (Å²) in [5.74, 6) is -0.599. The standard InChI is InChI=1S/C15H20N2O3/c1-10-8-13(6-7-16-10)14(18)17-9-11-2-4-12(5-3-11)15(19)20/h6-8,11-12H,2-5,9H2,1H3,(H,17,18)(H,19,20). The van der Waals surface area contributed by atoms with Gasteiger partial charge in [-0.3, -0.25) is 14.6 Å². The summed E-state index contributed by atoms with van der Waals surface area (Å²) in [5.41, 5.74) is 1.44. The molecule has 5 heteroatoms. The predicted molar refractivity (Wildman–Crippen MR) is 74.4 cm³/mol. The van der Waals surface area contributed by atoms with Crippen molar-refractivity contribution in [2.45, 2.75) is 32.6 Å². The molecule has 2 N–H and O–H groups in total. The summed E-state index contributed by atoms with van der Waals surface area (Å²) in [4.78, 5) is 26.9. The van der Waals surface area contributed by atoms with Gasteiger partial charge in [-0.1, -0.05) is 0 Å². The summed E-state index contributed by atoms with van der Waals surface area (Å²) in [6, 6.07) is 3.46. The van der Waals surface area contributed by atoms with E-state index in [0.717, 1.165) is 18.5 Å². The lowest BCUT2D eigenvalue weighted by Crippen LogP contribution is -2.32. The van der Waals surface area contributed by atoms with E-state index < -0.39 is 5.97 Å². The molecule has 1 aliphatic carbocycles. The number of carbonyl (C=O) groups excluding carboxylic acids is 1. The highest BCUT2D eigenvalue weighted by Gasteiger charge is 2.26. The molecule has 0 bridgehead atoms. The highest BCUT2D eigenvalue weighted by atomic mass is 16.4. The lowest BCUT2D eigenvalue weighted by molar-refractivity contribution is -0.143. The number of aliphatic carboxylic acids is 1. The first-order valence-electron chi connectivity index (χ1n) is 7.00. The number of carbonyl (C=O) groups is 2. The number of hydrogen-bond acceptors (Lipinski definition) is 3. The number of carboxylic acid groups (broad SMARTS) is 1. The molecule has 0 saturated heterocycles. The summed E-state index contributed by atoms with van der Waals surface area (Å²) >= 11 is 0. The molecular formula is C15H20N2O3. The first-order chi connectivity index (χ1) is 9.56. The third-order valence-electron chi connectivity index (χ3n) is 3.91. The third-order valence-corrected chi connectivity index (χ3v) is 3.91. The van der Waals surface area contributed by atoms with E-state index in [1.807, 2.05) is 6.92 Å². The molecule has 1 aromatic rings. The Bertz CT molecular complexity index is 494. The van der Waals surface area contributed by atoms with Gasteiger partial charge in [-0.15, -0.1) is 0 Å². The Morgan fingerprint density at radius 1 is 1.35 bits per heavy atom. The highest BCUT2D eigenvalue weighted by Crippen LogP contribution is 2.28. The van der Waals surface area contributed by atoms with Crippen molar-refractivity contribution in [3.05, 3.63) is 29.6 Å². The Morgan fingerprint density at radius 2 is 2.05 bits per heavy atom. The number of aryl methyl sites for hydroxylation is 1. The van der Waals surface area contributed by atoms with Crippen LogP contribution in [0, 0.1) is 18.8 Å². The summed E-state index contributed by atoms with van der Waals surface area (Å²) in [6.45, 7) is 2.47. The Hall–Kier alpha value is -1.91. The largest absolute Gasteiger partial charge is 0.481 e. The molecule has 1 heterocycles. The first-order valence-corrected chi connectivity index (χ1v) is 7.00. The van der Waals surface area contributed by atoms with Gasteiger partial charge in [0.15, 0.2) is 0 Å². The summed E-state index contributed by atoms with van der Waals surface area (Å²) in [7, 11) is 0. The number of aromatic nitrogens is 1. The minimum atomic E-state index is -0.695. The second kappa shape index (κ2) is 6.50. The molecular weight excluding hydrogens is 256 g/mol. The SMILES string of the molecule is Cc1cc(C(=O)NCC2CCC(C(=O)O)CC2)ccn1. The first kappa shape index (κ1) is 14.5. The average molecular weight is 276 g/mol. The molecule has 0 spiro atoms. The molecule has 0 atom stereocenters. The average Bonchev–Trinajstić information content (AvgIpc) is 2.45. The van der Waals surface area contributed by atoms with Crippen molar-refractivity contribution in [2.24, 2.45) is 11.8 Å². The van der Waals surface area contributed by atoms with Crippen molar-refractivity contribution in [1.82, 2.24) is 10.3 Å². The van der Waals surface area contributed by atoms with Crippen LogP contribution in [0.3, 0.4) is 0 Å². The van der Waals surface area contributed by atoms with Gasteiger partial charge in [-0.2, -0.15) is 0 Å². The van der Waals surface area contributed by atoms with Crippen molar-refractivity contribution in [2.75, 3.05) is 6.54 Å².